The lowest BCUT2D eigenvalue weighted by Crippen LogP contribution is -2.44. The molecule has 1 fully saturated rings. The van der Waals surface area contributed by atoms with E-state index in [1.807, 2.05) is 37.8 Å². The van der Waals surface area contributed by atoms with Crippen LogP contribution in [0.25, 0.3) is 0 Å². The lowest BCUT2D eigenvalue weighted by atomic mass is 9.99. The molecule has 0 bridgehead atoms. The normalized spacial score (nSPS) is 16.1. The van der Waals surface area contributed by atoms with E-state index in [4.69, 9.17) is 14.2 Å². The first kappa shape index (κ1) is 26.9. The van der Waals surface area contributed by atoms with Gasteiger partial charge in [0.1, 0.15) is 17.1 Å². The molecule has 5 heteroatoms. The Labute approximate surface area is 211 Å². The first-order valence-electron chi connectivity index (χ1n) is 13.2. The summed E-state index contributed by atoms with van der Waals surface area (Å²) in [6, 6.07) is 16.8. The molecule has 0 N–H and O–H groups in total. The summed E-state index contributed by atoms with van der Waals surface area (Å²) in [4.78, 5) is 14.3. The molecule has 35 heavy (non-hydrogen) atoms. The van der Waals surface area contributed by atoms with E-state index in [9.17, 15) is 4.79 Å². The number of amides is 1. The molecule has 5 nitrogen and oxygen atoms in total. The van der Waals surface area contributed by atoms with Crippen LogP contribution in [0.2, 0.25) is 0 Å². The number of aryl methyl sites for hydroxylation is 2. The summed E-state index contributed by atoms with van der Waals surface area (Å²) in [5.41, 5.74) is 2.16. The largest absolute Gasteiger partial charge is 0.497 e. The second-order valence-corrected chi connectivity index (χ2v) is 10.6. The maximum Gasteiger partial charge on any atom is 0.410 e. The number of benzene rings is 2. The van der Waals surface area contributed by atoms with Crippen molar-refractivity contribution in [3.05, 3.63) is 59.7 Å². The summed E-state index contributed by atoms with van der Waals surface area (Å²) in [5, 5.41) is 0. The van der Waals surface area contributed by atoms with Crippen LogP contribution in [0.4, 0.5) is 4.79 Å². The second-order valence-electron chi connectivity index (χ2n) is 10.6. The van der Waals surface area contributed by atoms with Crippen LogP contribution in [0.15, 0.2) is 48.5 Å². The number of carbonyl (C=O) groups is 1. The lowest BCUT2D eigenvalue weighted by molar-refractivity contribution is 0.0139. The van der Waals surface area contributed by atoms with Crippen LogP contribution in [-0.2, 0) is 17.6 Å². The minimum absolute atomic E-state index is 0.214. The standard InChI is InChI=1S/C30H43NO4/c1-30(2,3)35-29(32)31-20-12-15-25(22-31)23-34-28-19-10-9-17-26(28)16-8-6-5-7-13-24-14-11-18-27(21-24)33-4/h9-11,14,17-19,21,25H,5-8,12-13,15-16,20,22-23H2,1-4H3. The molecule has 2 aromatic carbocycles. The van der Waals surface area contributed by atoms with E-state index in [0.717, 1.165) is 50.1 Å². The van der Waals surface area contributed by atoms with E-state index in [-0.39, 0.29) is 6.09 Å². The van der Waals surface area contributed by atoms with Crippen molar-refractivity contribution in [2.24, 2.45) is 5.92 Å². The number of para-hydroxylation sites is 1. The Balaban J connectivity index is 1.39. The van der Waals surface area contributed by atoms with E-state index in [1.165, 1.54) is 30.4 Å². The van der Waals surface area contributed by atoms with Gasteiger partial charge in [-0.1, -0.05) is 43.2 Å². The van der Waals surface area contributed by atoms with Crippen LogP contribution in [0.1, 0.15) is 70.4 Å². The van der Waals surface area contributed by atoms with E-state index < -0.39 is 5.60 Å². The van der Waals surface area contributed by atoms with Gasteiger partial charge >= 0.3 is 6.09 Å². The molecule has 1 aliphatic heterocycles. The highest BCUT2D eigenvalue weighted by Gasteiger charge is 2.28. The summed E-state index contributed by atoms with van der Waals surface area (Å²) >= 11 is 0. The highest BCUT2D eigenvalue weighted by Crippen LogP contribution is 2.24. The van der Waals surface area contributed by atoms with E-state index in [0.29, 0.717) is 19.1 Å². The fourth-order valence-corrected chi connectivity index (χ4v) is 4.58. The van der Waals surface area contributed by atoms with Gasteiger partial charge in [0.05, 0.1) is 13.7 Å². The average Bonchev–Trinajstić information content (AvgIpc) is 2.84. The van der Waals surface area contributed by atoms with Crippen LogP contribution in [0.5, 0.6) is 11.5 Å². The summed E-state index contributed by atoms with van der Waals surface area (Å²) in [5.74, 6) is 2.25. The van der Waals surface area contributed by atoms with E-state index >= 15 is 0 Å². The number of nitrogens with zero attached hydrogens (tertiary/aromatic N) is 1. The molecule has 2 aromatic rings. The molecule has 0 radical (unpaired) electrons. The monoisotopic (exact) mass is 481 g/mol. The van der Waals surface area contributed by atoms with Crippen LogP contribution in [0, 0.1) is 5.92 Å². The lowest BCUT2D eigenvalue weighted by Gasteiger charge is -2.34. The first-order chi connectivity index (χ1) is 16.8. The Morgan fingerprint density at radius 1 is 1.00 bits per heavy atom. The van der Waals surface area contributed by atoms with Crippen LogP contribution in [0.3, 0.4) is 0 Å². The minimum Gasteiger partial charge on any atom is -0.497 e. The fraction of sp³-hybridized carbons (Fsp3) is 0.567. The van der Waals surface area contributed by atoms with Crippen molar-refractivity contribution in [3.63, 3.8) is 0 Å². The molecular weight excluding hydrogens is 438 g/mol. The third-order valence-corrected chi connectivity index (χ3v) is 6.41. The van der Waals surface area contributed by atoms with Gasteiger partial charge in [0, 0.05) is 19.0 Å². The van der Waals surface area contributed by atoms with Crippen molar-refractivity contribution in [2.75, 3.05) is 26.8 Å². The number of unbranched alkanes of at least 4 members (excludes halogenated alkanes) is 3. The van der Waals surface area contributed by atoms with Crippen molar-refractivity contribution in [1.29, 1.82) is 0 Å². The minimum atomic E-state index is -0.464. The Morgan fingerprint density at radius 2 is 1.77 bits per heavy atom. The van der Waals surface area contributed by atoms with Crippen LogP contribution in [-0.4, -0.2) is 43.4 Å². The molecular formula is C30H43NO4. The van der Waals surface area contributed by atoms with Gasteiger partial charge in [0.2, 0.25) is 0 Å². The topological polar surface area (TPSA) is 48.0 Å². The highest BCUT2D eigenvalue weighted by molar-refractivity contribution is 5.68. The van der Waals surface area contributed by atoms with Crippen LogP contribution < -0.4 is 9.47 Å². The molecule has 1 atom stereocenters. The van der Waals surface area contributed by atoms with E-state index in [2.05, 4.69) is 36.4 Å². The zero-order valence-electron chi connectivity index (χ0n) is 22.1. The molecule has 192 valence electrons. The third kappa shape index (κ3) is 9.46. The van der Waals surface area contributed by atoms with Gasteiger partial charge in [-0.05, 0) is 88.6 Å². The summed E-state index contributed by atoms with van der Waals surface area (Å²) in [6.07, 6.45) is 8.78. The molecule has 0 saturated carbocycles. The van der Waals surface area contributed by atoms with Crippen molar-refractivity contribution >= 4 is 6.09 Å². The maximum atomic E-state index is 12.4. The fourth-order valence-electron chi connectivity index (χ4n) is 4.58. The quantitative estimate of drug-likeness (QED) is 0.322. The van der Waals surface area contributed by atoms with Gasteiger partial charge in [-0.25, -0.2) is 4.79 Å². The number of carbonyl (C=O) groups excluding carboxylic acids is 1. The number of piperidine rings is 1. The first-order valence-corrected chi connectivity index (χ1v) is 13.2. The second kappa shape index (κ2) is 13.4. The summed E-state index contributed by atoms with van der Waals surface area (Å²) in [7, 11) is 1.72. The van der Waals surface area contributed by atoms with Gasteiger partial charge in [-0.3, -0.25) is 0 Å². The number of methoxy groups -OCH3 is 1. The molecule has 0 aromatic heterocycles. The number of likely N-dealkylation sites (tertiary alicyclic amines) is 1. The van der Waals surface area contributed by atoms with Crippen molar-refractivity contribution in [3.8, 4) is 11.5 Å². The number of rotatable bonds is 11. The number of hydrogen-bond acceptors (Lipinski definition) is 4. The predicted molar refractivity (Wildman–Crippen MR) is 141 cm³/mol. The Kier molecular flexibility index (Phi) is 10.3. The highest BCUT2D eigenvalue weighted by atomic mass is 16.6. The van der Waals surface area contributed by atoms with Crippen molar-refractivity contribution < 1.29 is 19.0 Å². The molecule has 0 spiro atoms. The third-order valence-electron chi connectivity index (χ3n) is 6.41. The summed E-state index contributed by atoms with van der Waals surface area (Å²) < 4.78 is 17.1. The molecule has 1 amide bonds. The molecule has 3 rings (SSSR count). The number of hydrogen-bond donors (Lipinski definition) is 0. The van der Waals surface area contributed by atoms with Crippen LogP contribution >= 0.6 is 0 Å². The Bertz CT molecular complexity index is 921. The van der Waals surface area contributed by atoms with Gasteiger partial charge in [0.15, 0.2) is 0 Å². The molecule has 1 aliphatic rings. The van der Waals surface area contributed by atoms with Gasteiger partial charge < -0.3 is 19.1 Å². The molecule has 1 unspecified atom stereocenters. The van der Waals surface area contributed by atoms with E-state index in [1.54, 1.807) is 7.11 Å². The van der Waals surface area contributed by atoms with Crippen molar-refractivity contribution in [2.45, 2.75) is 77.7 Å². The average molecular weight is 482 g/mol. The zero-order chi connectivity index (χ0) is 25.1. The zero-order valence-corrected chi connectivity index (χ0v) is 22.1. The van der Waals surface area contributed by atoms with Gasteiger partial charge in [-0.2, -0.15) is 0 Å². The maximum absolute atomic E-state index is 12.4. The smallest absolute Gasteiger partial charge is 0.410 e. The Morgan fingerprint density at radius 3 is 2.54 bits per heavy atom. The van der Waals surface area contributed by atoms with Gasteiger partial charge in [-0.15, -0.1) is 0 Å². The molecule has 0 aliphatic carbocycles. The van der Waals surface area contributed by atoms with Crippen molar-refractivity contribution in [1.82, 2.24) is 4.90 Å². The number of ether oxygens (including phenoxy) is 3. The van der Waals surface area contributed by atoms with Gasteiger partial charge in [0.25, 0.3) is 0 Å². The Hall–Kier alpha value is -2.69. The molecule has 1 heterocycles. The predicted octanol–water partition coefficient (Wildman–Crippen LogP) is 7.07. The molecule has 1 saturated heterocycles. The summed E-state index contributed by atoms with van der Waals surface area (Å²) in [6.45, 7) is 7.83. The SMILES string of the molecule is COc1cccc(CCCCCCc2ccccc2OCC2CCCN(C(=O)OC(C)(C)C)C2)c1.